The number of hydrogen-bond acceptors (Lipinski definition) is 3. The van der Waals surface area contributed by atoms with Crippen LogP contribution in [-0.2, 0) is 13.1 Å². The van der Waals surface area contributed by atoms with Crippen LogP contribution >= 0.6 is 0 Å². The molecule has 7 rings (SSSR count). The third kappa shape index (κ3) is 3.67. The van der Waals surface area contributed by atoms with Crippen molar-refractivity contribution in [1.82, 2.24) is 19.4 Å². The molecule has 2 aliphatic heterocycles. The van der Waals surface area contributed by atoms with Crippen LogP contribution < -0.4 is 5.32 Å². The Morgan fingerprint density at radius 1 is 0.895 bits per heavy atom. The van der Waals surface area contributed by atoms with E-state index in [0.29, 0.717) is 11.5 Å². The average molecular weight is 511 g/mol. The highest BCUT2D eigenvalue weighted by atomic mass is 16.4. The van der Waals surface area contributed by atoms with E-state index in [2.05, 4.69) is 38.8 Å². The van der Waals surface area contributed by atoms with Crippen molar-refractivity contribution < 1.29 is 14.7 Å². The number of aromatic nitrogens is 2. The summed E-state index contributed by atoms with van der Waals surface area (Å²) in [5, 5.41) is 15.3. The maximum Gasteiger partial charge on any atom is 0.335 e. The molecular weight excluding hydrogens is 476 g/mol. The zero-order valence-electron chi connectivity index (χ0n) is 21.7. The molecule has 1 saturated carbocycles. The smallest absolute Gasteiger partial charge is 0.335 e. The lowest BCUT2D eigenvalue weighted by Gasteiger charge is -2.27. The van der Waals surface area contributed by atoms with Gasteiger partial charge in [0.05, 0.1) is 22.3 Å². The largest absolute Gasteiger partial charge is 0.478 e. The van der Waals surface area contributed by atoms with Crippen molar-refractivity contribution in [3.63, 3.8) is 0 Å². The molecular formula is C31H34N4O3. The lowest BCUT2D eigenvalue weighted by molar-refractivity contribution is 0.0695. The summed E-state index contributed by atoms with van der Waals surface area (Å²) >= 11 is 0. The van der Waals surface area contributed by atoms with Crippen molar-refractivity contribution in [3.8, 4) is 11.3 Å². The highest BCUT2D eigenvalue weighted by Gasteiger charge is 2.31. The highest BCUT2D eigenvalue weighted by Crippen LogP contribution is 2.47. The van der Waals surface area contributed by atoms with Gasteiger partial charge < -0.3 is 24.5 Å². The quantitative estimate of drug-likeness (QED) is 0.384. The first-order valence-corrected chi connectivity index (χ1v) is 14.1. The molecule has 0 spiro atoms. The number of carbonyl (C=O) groups excluding carboxylic acids is 1. The van der Waals surface area contributed by atoms with Gasteiger partial charge in [0.2, 0.25) is 0 Å². The third-order valence-electron chi connectivity index (χ3n) is 8.93. The Balaban J connectivity index is 1.49. The van der Waals surface area contributed by atoms with Crippen LogP contribution in [0.2, 0.25) is 0 Å². The van der Waals surface area contributed by atoms with Gasteiger partial charge in [-0.15, -0.1) is 0 Å². The van der Waals surface area contributed by atoms with E-state index in [4.69, 9.17) is 0 Å². The number of aromatic carboxylic acids is 1. The van der Waals surface area contributed by atoms with Gasteiger partial charge in [-0.2, -0.15) is 0 Å². The number of hydrogen-bond donors (Lipinski definition) is 2. The van der Waals surface area contributed by atoms with Crippen LogP contribution in [0.5, 0.6) is 0 Å². The van der Waals surface area contributed by atoms with E-state index in [9.17, 15) is 14.7 Å². The molecule has 3 aliphatic rings. The molecule has 7 heteroatoms. The molecule has 2 aromatic carbocycles. The van der Waals surface area contributed by atoms with Crippen molar-refractivity contribution in [2.24, 2.45) is 0 Å². The van der Waals surface area contributed by atoms with Gasteiger partial charge in [0, 0.05) is 67.3 Å². The van der Waals surface area contributed by atoms with Gasteiger partial charge in [-0.25, -0.2) is 4.79 Å². The number of rotatable bonds is 3. The Hall–Kier alpha value is -3.58. The van der Waals surface area contributed by atoms with Crippen LogP contribution in [0, 0.1) is 0 Å². The fourth-order valence-corrected chi connectivity index (χ4v) is 7.17. The maximum atomic E-state index is 13.7. The number of carbonyl (C=O) groups is 2. The minimum atomic E-state index is -0.889. The van der Waals surface area contributed by atoms with E-state index < -0.39 is 5.97 Å². The molecule has 7 nitrogen and oxygen atoms in total. The van der Waals surface area contributed by atoms with Crippen LogP contribution in [0.3, 0.4) is 0 Å². The van der Waals surface area contributed by atoms with E-state index in [0.717, 1.165) is 86.1 Å². The SMILES string of the molecule is O=C(O)c1ccc2c(C3CCCCC3)c3n(c2c1)CCCn1cc(C(=O)N2CCNCC2)c2cccc-3c21. The number of nitrogens with zero attached hydrogens (tertiary/aromatic N) is 3. The lowest BCUT2D eigenvalue weighted by Crippen LogP contribution is -2.46. The summed E-state index contributed by atoms with van der Waals surface area (Å²) in [5.41, 5.74) is 7.03. The van der Waals surface area contributed by atoms with Crippen LogP contribution in [0.25, 0.3) is 33.1 Å². The summed E-state index contributed by atoms with van der Waals surface area (Å²) in [6, 6.07) is 12.1. The van der Waals surface area contributed by atoms with Crippen LogP contribution in [-0.4, -0.2) is 57.2 Å². The Kier molecular flexibility index (Phi) is 5.77. The van der Waals surface area contributed by atoms with E-state index in [1.165, 1.54) is 35.9 Å². The molecule has 2 aromatic heterocycles. The normalized spacial score (nSPS) is 18.4. The Bertz CT molecular complexity index is 1570. The molecule has 0 bridgehead atoms. The van der Waals surface area contributed by atoms with Gasteiger partial charge in [-0.3, -0.25) is 4.79 Å². The Morgan fingerprint density at radius 3 is 2.50 bits per heavy atom. The van der Waals surface area contributed by atoms with Gasteiger partial charge in [0.1, 0.15) is 0 Å². The summed E-state index contributed by atoms with van der Waals surface area (Å²) in [4.78, 5) is 27.6. The second kappa shape index (κ2) is 9.31. The monoisotopic (exact) mass is 510 g/mol. The number of amides is 1. The fraction of sp³-hybridized carbons (Fsp3) is 0.419. The van der Waals surface area contributed by atoms with Crippen LogP contribution in [0.1, 0.15) is 70.7 Å². The standard InChI is InChI=1S/C31H34N4O3/c36-30(33-16-12-32-13-17-33)25-19-34-14-5-15-35-26-18-21(31(37)38)10-11-23(26)27(20-6-2-1-3-7-20)29(35)24-9-4-8-22(25)28(24)34/h4,8-11,18-20,32H,1-3,5-7,12-17H2,(H,37,38). The number of fused-ring (bicyclic) bond motifs is 4. The van der Waals surface area contributed by atoms with Gasteiger partial charge in [0.15, 0.2) is 0 Å². The molecule has 196 valence electrons. The Labute approximate surface area is 222 Å². The molecule has 0 unspecified atom stereocenters. The summed E-state index contributed by atoms with van der Waals surface area (Å²) < 4.78 is 4.68. The van der Waals surface area contributed by atoms with Crippen molar-refractivity contribution >= 4 is 33.7 Å². The highest BCUT2D eigenvalue weighted by molar-refractivity contribution is 6.11. The van der Waals surface area contributed by atoms with E-state index in [1.807, 2.05) is 17.0 Å². The van der Waals surface area contributed by atoms with Crippen molar-refractivity contribution in [2.45, 2.75) is 57.5 Å². The van der Waals surface area contributed by atoms with Crippen molar-refractivity contribution in [2.75, 3.05) is 26.2 Å². The number of piperazine rings is 1. The first-order valence-electron chi connectivity index (χ1n) is 14.1. The van der Waals surface area contributed by atoms with Crippen molar-refractivity contribution in [3.05, 3.63) is 59.3 Å². The first kappa shape index (κ1) is 23.5. The fourth-order valence-electron chi connectivity index (χ4n) is 7.17. The third-order valence-corrected chi connectivity index (χ3v) is 8.93. The number of para-hydroxylation sites is 1. The number of carboxylic acid groups (broad SMARTS) is 1. The first-order chi connectivity index (χ1) is 18.6. The predicted molar refractivity (Wildman–Crippen MR) is 149 cm³/mol. The second-order valence-corrected chi connectivity index (χ2v) is 11.1. The molecule has 38 heavy (non-hydrogen) atoms. The number of nitrogens with one attached hydrogen (secondary N) is 1. The minimum Gasteiger partial charge on any atom is -0.478 e. The van der Waals surface area contributed by atoms with E-state index >= 15 is 0 Å². The zero-order chi connectivity index (χ0) is 25.8. The maximum absolute atomic E-state index is 13.7. The molecule has 2 N–H and O–H groups in total. The molecule has 4 heterocycles. The van der Waals surface area contributed by atoms with Gasteiger partial charge >= 0.3 is 5.97 Å². The van der Waals surface area contributed by atoms with Crippen LogP contribution in [0.15, 0.2) is 42.6 Å². The number of aryl methyl sites for hydroxylation is 2. The number of carboxylic acids is 1. The average Bonchev–Trinajstić information content (AvgIpc) is 3.48. The minimum absolute atomic E-state index is 0.116. The summed E-state index contributed by atoms with van der Waals surface area (Å²) in [7, 11) is 0. The molecule has 1 aliphatic carbocycles. The summed E-state index contributed by atoms with van der Waals surface area (Å²) in [6.07, 6.45) is 9.07. The topological polar surface area (TPSA) is 79.5 Å². The lowest BCUT2D eigenvalue weighted by atomic mass is 9.81. The second-order valence-electron chi connectivity index (χ2n) is 11.1. The van der Waals surface area contributed by atoms with Crippen molar-refractivity contribution in [1.29, 1.82) is 0 Å². The molecule has 1 amide bonds. The predicted octanol–water partition coefficient (Wildman–Crippen LogP) is 5.46. The summed E-state index contributed by atoms with van der Waals surface area (Å²) in [6.45, 7) is 4.77. The number of benzene rings is 2. The van der Waals surface area contributed by atoms with Gasteiger partial charge in [0.25, 0.3) is 5.91 Å². The van der Waals surface area contributed by atoms with Crippen LogP contribution in [0.4, 0.5) is 0 Å². The Morgan fingerprint density at radius 2 is 1.71 bits per heavy atom. The van der Waals surface area contributed by atoms with E-state index in [1.54, 1.807) is 6.07 Å². The van der Waals surface area contributed by atoms with Gasteiger partial charge in [-0.05, 0) is 42.9 Å². The van der Waals surface area contributed by atoms with Gasteiger partial charge in [-0.1, -0.05) is 43.5 Å². The molecule has 0 atom stereocenters. The molecule has 4 aromatic rings. The summed E-state index contributed by atoms with van der Waals surface area (Å²) in [5.74, 6) is -0.316. The molecule has 0 radical (unpaired) electrons. The zero-order valence-corrected chi connectivity index (χ0v) is 21.7. The molecule has 1 saturated heterocycles. The molecule has 2 fully saturated rings. The van der Waals surface area contributed by atoms with E-state index in [-0.39, 0.29) is 5.91 Å².